The Balaban J connectivity index is 1.86. The van der Waals surface area contributed by atoms with Gasteiger partial charge >= 0.3 is 5.97 Å². The molecular formula is C27H27N3O4. The largest absolute Gasteiger partial charge is 0.494 e. The number of benzene rings is 2. The first-order valence-electron chi connectivity index (χ1n) is 11.0. The second-order valence-electron chi connectivity index (χ2n) is 7.51. The lowest BCUT2D eigenvalue weighted by atomic mass is 10.1. The molecule has 0 aliphatic rings. The molecule has 3 aromatic rings. The van der Waals surface area contributed by atoms with E-state index in [1.807, 2.05) is 49.6 Å². The van der Waals surface area contributed by atoms with Crippen molar-refractivity contribution in [3.8, 4) is 17.5 Å². The Bertz CT molecular complexity index is 1260. The summed E-state index contributed by atoms with van der Waals surface area (Å²) in [5.74, 6) is -0.227. The van der Waals surface area contributed by atoms with Crippen LogP contribution in [0.1, 0.15) is 41.2 Å². The van der Waals surface area contributed by atoms with Crippen LogP contribution >= 0.6 is 0 Å². The van der Waals surface area contributed by atoms with Crippen LogP contribution in [0.3, 0.4) is 0 Å². The fourth-order valence-corrected chi connectivity index (χ4v) is 3.62. The fourth-order valence-electron chi connectivity index (χ4n) is 3.62. The van der Waals surface area contributed by atoms with Crippen LogP contribution in [-0.2, 0) is 9.53 Å². The van der Waals surface area contributed by atoms with Crippen LogP contribution in [0.15, 0.2) is 60.2 Å². The standard InChI is InChI=1S/C27H27N3O4/c1-5-33-25-9-7-8-23(16-25)29-26(31)22(17-28)15-21-14-18(3)30(19(21)4)24-12-10-20(11-13-24)27(32)34-6-2/h7-16H,5-6H2,1-4H3,(H,29,31)/b22-15+. The van der Waals surface area contributed by atoms with Gasteiger partial charge in [0.25, 0.3) is 5.91 Å². The molecule has 0 radical (unpaired) electrons. The maximum Gasteiger partial charge on any atom is 0.338 e. The highest BCUT2D eigenvalue weighted by atomic mass is 16.5. The van der Waals surface area contributed by atoms with E-state index >= 15 is 0 Å². The smallest absolute Gasteiger partial charge is 0.338 e. The molecule has 34 heavy (non-hydrogen) atoms. The van der Waals surface area contributed by atoms with E-state index in [2.05, 4.69) is 5.32 Å². The van der Waals surface area contributed by atoms with E-state index in [9.17, 15) is 14.9 Å². The van der Waals surface area contributed by atoms with E-state index in [1.165, 1.54) is 0 Å². The maximum atomic E-state index is 12.8. The third kappa shape index (κ3) is 5.54. The molecular weight excluding hydrogens is 430 g/mol. The number of aryl methyl sites for hydroxylation is 1. The molecule has 0 saturated carbocycles. The Labute approximate surface area is 199 Å². The predicted octanol–water partition coefficient (Wildman–Crippen LogP) is 5.22. The first-order chi connectivity index (χ1) is 16.4. The third-order valence-corrected chi connectivity index (χ3v) is 5.17. The van der Waals surface area contributed by atoms with Crippen molar-refractivity contribution in [2.75, 3.05) is 18.5 Å². The number of carbonyl (C=O) groups is 2. The zero-order valence-corrected chi connectivity index (χ0v) is 19.7. The van der Waals surface area contributed by atoms with Crippen LogP contribution in [-0.4, -0.2) is 29.7 Å². The molecule has 0 bridgehead atoms. The van der Waals surface area contributed by atoms with Crippen molar-refractivity contribution in [1.82, 2.24) is 4.57 Å². The van der Waals surface area contributed by atoms with E-state index in [4.69, 9.17) is 9.47 Å². The van der Waals surface area contributed by atoms with Gasteiger partial charge in [-0.15, -0.1) is 0 Å². The molecule has 0 saturated heterocycles. The molecule has 0 unspecified atom stereocenters. The lowest BCUT2D eigenvalue weighted by molar-refractivity contribution is -0.112. The highest BCUT2D eigenvalue weighted by Crippen LogP contribution is 2.24. The molecule has 2 aromatic carbocycles. The summed E-state index contributed by atoms with van der Waals surface area (Å²) in [5.41, 5.74) is 4.41. The molecule has 1 N–H and O–H groups in total. The Hall–Kier alpha value is -4.31. The fraction of sp³-hybridized carbons (Fsp3) is 0.222. The van der Waals surface area contributed by atoms with Crippen molar-refractivity contribution >= 4 is 23.6 Å². The number of hydrogen-bond donors (Lipinski definition) is 1. The minimum absolute atomic E-state index is 0.0141. The van der Waals surface area contributed by atoms with E-state index in [0.717, 1.165) is 22.6 Å². The van der Waals surface area contributed by atoms with Crippen molar-refractivity contribution in [3.05, 3.63) is 82.7 Å². The summed E-state index contributed by atoms with van der Waals surface area (Å²) < 4.78 is 12.5. The van der Waals surface area contributed by atoms with Crippen LogP contribution in [0.2, 0.25) is 0 Å². The molecule has 7 nitrogen and oxygen atoms in total. The van der Waals surface area contributed by atoms with Gasteiger partial charge in [0.15, 0.2) is 0 Å². The first-order valence-corrected chi connectivity index (χ1v) is 11.0. The normalized spacial score (nSPS) is 11.0. The third-order valence-electron chi connectivity index (χ3n) is 5.17. The van der Waals surface area contributed by atoms with E-state index in [0.29, 0.717) is 30.2 Å². The summed E-state index contributed by atoms with van der Waals surface area (Å²) in [6, 6.07) is 18.0. The summed E-state index contributed by atoms with van der Waals surface area (Å²) in [6.45, 7) is 8.33. The van der Waals surface area contributed by atoms with Crippen LogP contribution in [0.4, 0.5) is 5.69 Å². The van der Waals surface area contributed by atoms with Gasteiger partial charge in [-0.05, 0) is 81.8 Å². The van der Waals surface area contributed by atoms with Crippen molar-refractivity contribution in [3.63, 3.8) is 0 Å². The molecule has 0 aliphatic carbocycles. The molecule has 1 heterocycles. The highest BCUT2D eigenvalue weighted by Gasteiger charge is 2.15. The monoisotopic (exact) mass is 457 g/mol. The Kier molecular flexibility index (Phi) is 7.88. The molecule has 3 rings (SSSR count). The van der Waals surface area contributed by atoms with Crippen LogP contribution in [0, 0.1) is 25.2 Å². The molecule has 7 heteroatoms. The number of rotatable bonds is 8. The average molecular weight is 458 g/mol. The molecule has 0 atom stereocenters. The summed E-state index contributed by atoms with van der Waals surface area (Å²) >= 11 is 0. The van der Waals surface area contributed by atoms with Crippen molar-refractivity contribution in [1.29, 1.82) is 5.26 Å². The molecule has 0 spiro atoms. The topological polar surface area (TPSA) is 93.4 Å². The second kappa shape index (κ2) is 11.0. The first kappa shape index (κ1) is 24.3. The number of carbonyl (C=O) groups excluding carboxylic acids is 2. The number of hydrogen-bond acceptors (Lipinski definition) is 5. The average Bonchev–Trinajstić information content (AvgIpc) is 3.10. The number of nitriles is 1. The van der Waals surface area contributed by atoms with Gasteiger partial charge in [-0.1, -0.05) is 6.07 Å². The van der Waals surface area contributed by atoms with Gasteiger partial charge in [0, 0.05) is 28.8 Å². The Morgan fingerprint density at radius 1 is 1.06 bits per heavy atom. The number of nitrogens with one attached hydrogen (secondary N) is 1. The number of esters is 1. The lowest BCUT2D eigenvalue weighted by Gasteiger charge is -2.11. The summed E-state index contributed by atoms with van der Waals surface area (Å²) in [4.78, 5) is 24.7. The number of nitrogens with zero attached hydrogens (tertiary/aromatic N) is 2. The SMILES string of the molecule is CCOC(=O)c1ccc(-n2c(C)cc(/C=C(\C#N)C(=O)Nc3cccc(OCC)c3)c2C)cc1. The van der Waals surface area contributed by atoms with Gasteiger partial charge in [0.05, 0.1) is 18.8 Å². The zero-order chi connectivity index (χ0) is 24.7. The van der Waals surface area contributed by atoms with Gasteiger partial charge in [0.1, 0.15) is 17.4 Å². The van der Waals surface area contributed by atoms with E-state index < -0.39 is 5.91 Å². The van der Waals surface area contributed by atoms with Gasteiger partial charge in [0.2, 0.25) is 0 Å². The quantitative estimate of drug-likeness (QED) is 0.285. The summed E-state index contributed by atoms with van der Waals surface area (Å²) in [7, 11) is 0. The molecule has 174 valence electrons. The van der Waals surface area contributed by atoms with Gasteiger partial charge in [-0.2, -0.15) is 5.26 Å². The second-order valence-corrected chi connectivity index (χ2v) is 7.51. The predicted molar refractivity (Wildman–Crippen MR) is 131 cm³/mol. The van der Waals surface area contributed by atoms with Crippen LogP contribution < -0.4 is 10.1 Å². The molecule has 0 fully saturated rings. The van der Waals surface area contributed by atoms with Gasteiger partial charge in [-0.3, -0.25) is 4.79 Å². The van der Waals surface area contributed by atoms with E-state index in [1.54, 1.807) is 49.4 Å². The van der Waals surface area contributed by atoms with Crippen molar-refractivity contribution in [2.24, 2.45) is 0 Å². The number of aromatic nitrogens is 1. The van der Waals surface area contributed by atoms with Crippen molar-refractivity contribution < 1.29 is 19.1 Å². The minimum Gasteiger partial charge on any atom is -0.494 e. The van der Waals surface area contributed by atoms with E-state index in [-0.39, 0.29) is 11.5 Å². The zero-order valence-electron chi connectivity index (χ0n) is 19.7. The summed E-state index contributed by atoms with van der Waals surface area (Å²) in [5, 5.41) is 12.4. The van der Waals surface area contributed by atoms with Gasteiger partial charge in [-0.25, -0.2) is 4.79 Å². The van der Waals surface area contributed by atoms with Crippen LogP contribution in [0.5, 0.6) is 5.75 Å². The van der Waals surface area contributed by atoms with Gasteiger partial charge < -0.3 is 19.4 Å². The number of anilines is 1. The minimum atomic E-state index is -0.500. The number of ether oxygens (including phenoxy) is 2. The number of amides is 1. The highest BCUT2D eigenvalue weighted by molar-refractivity contribution is 6.09. The Morgan fingerprint density at radius 3 is 2.44 bits per heavy atom. The molecule has 1 aromatic heterocycles. The Morgan fingerprint density at radius 2 is 1.79 bits per heavy atom. The molecule has 1 amide bonds. The lowest BCUT2D eigenvalue weighted by Crippen LogP contribution is -2.13. The van der Waals surface area contributed by atoms with Crippen LogP contribution in [0.25, 0.3) is 11.8 Å². The summed E-state index contributed by atoms with van der Waals surface area (Å²) in [6.07, 6.45) is 1.58. The van der Waals surface area contributed by atoms with Crippen molar-refractivity contribution in [2.45, 2.75) is 27.7 Å². The molecule has 0 aliphatic heterocycles. The maximum absolute atomic E-state index is 12.8.